The summed E-state index contributed by atoms with van der Waals surface area (Å²) in [6.45, 7) is 1.97. The summed E-state index contributed by atoms with van der Waals surface area (Å²) >= 11 is 6.19. The van der Waals surface area contributed by atoms with Crippen LogP contribution in [0.4, 0.5) is 5.69 Å². The minimum atomic E-state index is -0.148. The number of benzene rings is 2. The molecule has 4 aromatic rings. The molecule has 0 aliphatic carbocycles. The van der Waals surface area contributed by atoms with E-state index in [4.69, 9.17) is 4.42 Å². The summed E-state index contributed by atoms with van der Waals surface area (Å²) in [6, 6.07) is 15.2. The Balaban J connectivity index is 1.35. The Morgan fingerprint density at radius 1 is 1.17 bits per heavy atom. The van der Waals surface area contributed by atoms with Gasteiger partial charge in [-0.05, 0) is 43.3 Å². The highest BCUT2D eigenvalue weighted by Gasteiger charge is 2.12. The summed E-state index contributed by atoms with van der Waals surface area (Å²) in [5.41, 5.74) is 3.42. The molecule has 1 amide bonds. The molecule has 0 aliphatic rings. The van der Waals surface area contributed by atoms with Crippen molar-refractivity contribution in [1.29, 1.82) is 0 Å². The molecule has 146 valence electrons. The van der Waals surface area contributed by atoms with Crippen molar-refractivity contribution in [1.82, 2.24) is 15.2 Å². The van der Waals surface area contributed by atoms with E-state index in [2.05, 4.69) is 36.4 Å². The van der Waals surface area contributed by atoms with E-state index in [-0.39, 0.29) is 11.7 Å². The fraction of sp³-hybridized carbons (Fsp3) is 0.100. The molecule has 0 bridgehead atoms. The number of aromatic nitrogens is 3. The van der Waals surface area contributed by atoms with Crippen molar-refractivity contribution in [2.45, 2.75) is 12.1 Å². The molecule has 2 aromatic heterocycles. The van der Waals surface area contributed by atoms with Crippen LogP contribution in [0.25, 0.3) is 22.7 Å². The molecule has 0 spiro atoms. The standard InChI is InChI=1S/C20H15BrN4O2S2/c1-12-22-17(10-28-12)14-3-2-4-16(9-14)23-18(26)11-29-20-25-24-19(27-20)13-5-7-15(21)8-6-13/h2-10H,11H2,1H3,(H,23,26). The van der Waals surface area contributed by atoms with Crippen molar-refractivity contribution in [3.63, 3.8) is 0 Å². The molecule has 0 unspecified atom stereocenters. The molecule has 9 heteroatoms. The second kappa shape index (κ2) is 8.89. The minimum Gasteiger partial charge on any atom is -0.411 e. The van der Waals surface area contributed by atoms with Crippen LogP contribution in [0, 0.1) is 6.92 Å². The van der Waals surface area contributed by atoms with E-state index in [1.54, 1.807) is 11.3 Å². The molecule has 0 saturated carbocycles. The molecule has 4 rings (SSSR count). The van der Waals surface area contributed by atoms with Crippen LogP contribution in [-0.2, 0) is 4.79 Å². The van der Waals surface area contributed by atoms with Gasteiger partial charge in [0.2, 0.25) is 11.8 Å². The van der Waals surface area contributed by atoms with Crippen LogP contribution in [0.2, 0.25) is 0 Å². The molecule has 6 nitrogen and oxygen atoms in total. The maximum Gasteiger partial charge on any atom is 0.277 e. The van der Waals surface area contributed by atoms with Crippen LogP contribution in [-0.4, -0.2) is 26.8 Å². The van der Waals surface area contributed by atoms with E-state index < -0.39 is 0 Å². The normalized spacial score (nSPS) is 10.8. The second-order valence-electron chi connectivity index (χ2n) is 6.05. The number of thioether (sulfide) groups is 1. The third-order valence-electron chi connectivity index (χ3n) is 3.89. The topological polar surface area (TPSA) is 80.9 Å². The number of nitrogens with zero attached hydrogens (tertiary/aromatic N) is 3. The average molecular weight is 487 g/mol. The smallest absolute Gasteiger partial charge is 0.277 e. The molecule has 2 heterocycles. The molecular weight excluding hydrogens is 472 g/mol. The Morgan fingerprint density at radius 3 is 2.76 bits per heavy atom. The number of aryl methyl sites for hydroxylation is 1. The van der Waals surface area contributed by atoms with Gasteiger partial charge in [0.05, 0.1) is 16.5 Å². The Kier molecular flexibility index (Phi) is 6.08. The van der Waals surface area contributed by atoms with Gasteiger partial charge < -0.3 is 9.73 Å². The number of thiazole rings is 1. The first-order valence-corrected chi connectivity index (χ1v) is 11.3. The zero-order valence-electron chi connectivity index (χ0n) is 15.3. The first-order chi connectivity index (χ1) is 14.1. The number of amides is 1. The lowest BCUT2D eigenvalue weighted by Crippen LogP contribution is -2.14. The predicted octanol–water partition coefficient (Wildman–Crippen LogP) is 5.66. The van der Waals surface area contributed by atoms with Crippen LogP contribution < -0.4 is 5.32 Å². The molecule has 1 N–H and O–H groups in total. The van der Waals surface area contributed by atoms with E-state index in [9.17, 15) is 4.79 Å². The van der Waals surface area contributed by atoms with Gasteiger partial charge in [-0.25, -0.2) is 4.98 Å². The molecular formula is C20H15BrN4O2S2. The monoisotopic (exact) mass is 486 g/mol. The maximum atomic E-state index is 12.3. The number of rotatable bonds is 6. The third kappa shape index (κ3) is 5.11. The van der Waals surface area contributed by atoms with E-state index >= 15 is 0 Å². The molecule has 0 saturated heterocycles. The number of hydrogen-bond donors (Lipinski definition) is 1. The van der Waals surface area contributed by atoms with Crippen molar-refractivity contribution in [3.05, 3.63) is 63.4 Å². The second-order valence-corrected chi connectivity index (χ2v) is 8.95. The largest absolute Gasteiger partial charge is 0.411 e. The summed E-state index contributed by atoms with van der Waals surface area (Å²) in [5, 5.41) is 14.3. The Bertz CT molecular complexity index is 1140. The first kappa shape index (κ1) is 19.8. The molecule has 0 fully saturated rings. The van der Waals surface area contributed by atoms with Crippen molar-refractivity contribution >= 4 is 50.6 Å². The summed E-state index contributed by atoms with van der Waals surface area (Å²) in [5.74, 6) is 0.443. The van der Waals surface area contributed by atoms with Gasteiger partial charge in [0, 0.05) is 26.7 Å². The number of carbonyl (C=O) groups excluding carboxylic acids is 1. The molecule has 0 atom stereocenters. The van der Waals surface area contributed by atoms with Gasteiger partial charge >= 0.3 is 0 Å². The minimum absolute atomic E-state index is 0.148. The van der Waals surface area contributed by atoms with Gasteiger partial charge in [-0.3, -0.25) is 4.79 Å². The number of carbonyl (C=O) groups is 1. The lowest BCUT2D eigenvalue weighted by Gasteiger charge is -2.05. The molecule has 0 radical (unpaired) electrons. The fourth-order valence-corrected chi connectivity index (χ4v) is 4.00. The maximum absolute atomic E-state index is 12.3. The highest BCUT2D eigenvalue weighted by Crippen LogP contribution is 2.26. The predicted molar refractivity (Wildman–Crippen MR) is 119 cm³/mol. The summed E-state index contributed by atoms with van der Waals surface area (Å²) in [7, 11) is 0. The molecule has 29 heavy (non-hydrogen) atoms. The highest BCUT2D eigenvalue weighted by atomic mass is 79.9. The van der Waals surface area contributed by atoms with Gasteiger partial charge in [-0.1, -0.05) is 39.8 Å². The Hall–Kier alpha value is -2.49. The lowest BCUT2D eigenvalue weighted by molar-refractivity contribution is -0.113. The number of halogens is 1. The number of anilines is 1. The first-order valence-electron chi connectivity index (χ1n) is 8.61. The summed E-state index contributed by atoms with van der Waals surface area (Å²) in [6.07, 6.45) is 0. The summed E-state index contributed by atoms with van der Waals surface area (Å²) < 4.78 is 6.60. The Morgan fingerprint density at radius 2 is 2.00 bits per heavy atom. The van der Waals surface area contributed by atoms with Gasteiger partial charge in [0.25, 0.3) is 5.22 Å². The van der Waals surface area contributed by atoms with E-state index in [0.717, 1.165) is 32.0 Å². The van der Waals surface area contributed by atoms with Crippen LogP contribution >= 0.6 is 39.0 Å². The van der Waals surface area contributed by atoms with Crippen LogP contribution in [0.15, 0.2) is 68.0 Å². The SMILES string of the molecule is Cc1nc(-c2cccc(NC(=O)CSc3nnc(-c4ccc(Br)cc4)o3)c2)cs1. The number of nitrogens with one attached hydrogen (secondary N) is 1. The van der Waals surface area contributed by atoms with E-state index in [0.29, 0.717) is 11.1 Å². The molecule has 2 aromatic carbocycles. The zero-order valence-corrected chi connectivity index (χ0v) is 18.5. The van der Waals surface area contributed by atoms with Crippen LogP contribution in [0.3, 0.4) is 0 Å². The zero-order chi connectivity index (χ0) is 20.2. The lowest BCUT2D eigenvalue weighted by atomic mass is 10.1. The summed E-state index contributed by atoms with van der Waals surface area (Å²) in [4.78, 5) is 16.8. The van der Waals surface area contributed by atoms with Crippen molar-refractivity contribution in [3.8, 4) is 22.7 Å². The van der Waals surface area contributed by atoms with Gasteiger partial charge in [-0.2, -0.15) is 0 Å². The van der Waals surface area contributed by atoms with Crippen molar-refractivity contribution in [2.75, 3.05) is 11.1 Å². The van der Waals surface area contributed by atoms with Crippen LogP contribution in [0.1, 0.15) is 5.01 Å². The van der Waals surface area contributed by atoms with Crippen LogP contribution in [0.5, 0.6) is 0 Å². The quantitative estimate of drug-likeness (QED) is 0.354. The highest BCUT2D eigenvalue weighted by molar-refractivity contribution is 9.10. The van der Waals surface area contributed by atoms with Gasteiger partial charge in [-0.15, -0.1) is 21.5 Å². The van der Waals surface area contributed by atoms with E-state index in [1.165, 1.54) is 11.8 Å². The van der Waals surface area contributed by atoms with E-state index in [1.807, 2.05) is 60.8 Å². The number of hydrogen-bond acceptors (Lipinski definition) is 7. The molecule has 0 aliphatic heterocycles. The van der Waals surface area contributed by atoms with Gasteiger partial charge in [0.1, 0.15) is 0 Å². The Labute approximate surface area is 183 Å². The van der Waals surface area contributed by atoms with Gasteiger partial charge in [0.15, 0.2) is 0 Å². The van der Waals surface area contributed by atoms with Crippen molar-refractivity contribution < 1.29 is 9.21 Å². The van der Waals surface area contributed by atoms with Crippen molar-refractivity contribution in [2.24, 2.45) is 0 Å². The fourth-order valence-electron chi connectivity index (χ4n) is 2.55. The third-order valence-corrected chi connectivity index (χ3v) is 6.01. The average Bonchev–Trinajstić information content (AvgIpc) is 3.36.